The minimum Gasteiger partial charge on any atom is -0.393 e. The molecule has 5 unspecified atom stereocenters. The first-order chi connectivity index (χ1) is 8.93. The molecular formula is C14H19Cl2O2P. The summed E-state index contributed by atoms with van der Waals surface area (Å²) < 4.78 is 12.8. The fourth-order valence-corrected chi connectivity index (χ4v) is 11.2. The molecule has 7 rings (SSSR count). The van der Waals surface area contributed by atoms with Crippen LogP contribution in [0.1, 0.15) is 32.1 Å². The third kappa shape index (κ3) is 1.18. The predicted molar refractivity (Wildman–Crippen MR) is 75.6 cm³/mol. The molecule has 0 aromatic carbocycles. The lowest BCUT2D eigenvalue weighted by Gasteiger charge is -2.75. The Bertz CT molecular complexity index is 480. The van der Waals surface area contributed by atoms with Gasteiger partial charge in [-0.1, -0.05) is 0 Å². The van der Waals surface area contributed by atoms with Crippen LogP contribution >= 0.6 is 28.3 Å². The van der Waals surface area contributed by atoms with Crippen molar-refractivity contribution in [3.05, 3.63) is 0 Å². The number of halogens is 2. The number of hydrogen-bond acceptors (Lipinski definition) is 2. The molecule has 7 fully saturated rings. The largest absolute Gasteiger partial charge is 0.393 e. The van der Waals surface area contributed by atoms with Gasteiger partial charge in [0.2, 0.25) is 0 Å². The van der Waals surface area contributed by atoms with Gasteiger partial charge in [-0.25, -0.2) is 0 Å². The third-order valence-corrected chi connectivity index (χ3v) is 11.3. The van der Waals surface area contributed by atoms with Crippen LogP contribution in [0.4, 0.5) is 0 Å². The lowest BCUT2D eigenvalue weighted by molar-refractivity contribution is -0.236. The second-order valence-corrected chi connectivity index (χ2v) is 13.0. The molecule has 8 bridgehead atoms. The summed E-state index contributed by atoms with van der Waals surface area (Å²) in [5.74, 6) is 0.397. The van der Waals surface area contributed by atoms with Crippen molar-refractivity contribution in [2.45, 2.75) is 43.4 Å². The molecule has 5 atom stereocenters. The lowest BCUT2D eigenvalue weighted by atomic mass is 9.35. The van der Waals surface area contributed by atoms with Gasteiger partial charge in [0.25, 0.3) is 5.85 Å². The van der Waals surface area contributed by atoms with Crippen LogP contribution in [0.3, 0.4) is 0 Å². The van der Waals surface area contributed by atoms with E-state index in [0.29, 0.717) is 41.4 Å². The van der Waals surface area contributed by atoms with Crippen molar-refractivity contribution >= 4 is 28.3 Å². The molecule has 0 saturated heterocycles. The monoisotopic (exact) mass is 320 g/mol. The van der Waals surface area contributed by atoms with Crippen LogP contribution in [0.25, 0.3) is 0 Å². The molecule has 106 valence electrons. The van der Waals surface area contributed by atoms with Gasteiger partial charge in [0.15, 0.2) is 0 Å². The SMILES string of the molecule is O=P(Cl)(Cl)C12CC3CC4C5C(O)C(CC41)CC2C5C3. The van der Waals surface area contributed by atoms with Crippen molar-refractivity contribution in [2.75, 3.05) is 0 Å². The summed E-state index contributed by atoms with van der Waals surface area (Å²) in [4.78, 5) is 0. The lowest BCUT2D eigenvalue weighted by Crippen LogP contribution is -2.73. The zero-order valence-electron chi connectivity index (χ0n) is 10.7. The maximum absolute atomic E-state index is 12.8. The number of hydrogen-bond donors (Lipinski definition) is 1. The molecule has 0 radical (unpaired) electrons. The Morgan fingerprint density at radius 2 is 1.63 bits per heavy atom. The Kier molecular flexibility index (Phi) is 2.20. The van der Waals surface area contributed by atoms with Crippen molar-refractivity contribution in [1.82, 2.24) is 0 Å². The fourth-order valence-electron chi connectivity index (χ4n) is 7.41. The normalized spacial score (nSPS) is 65.0. The average molecular weight is 321 g/mol. The zero-order valence-corrected chi connectivity index (χ0v) is 13.1. The van der Waals surface area contributed by atoms with E-state index in [2.05, 4.69) is 0 Å². The highest BCUT2D eigenvalue weighted by atomic mass is 35.9. The predicted octanol–water partition coefficient (Wildman–Crippen LogP) is 4.09. The molecule has 7 aliphatic rings. The van der Waals surface area contributed by atoms with Gasteiger partial charge in [0, 0.05) is 0 Å². The molecule has 1 N–H and O–H groups in total. The molecule has 0 aliphatic heterocycles. The van der Waals surface area contributed by atoms with E-state index >= 15 is 0 Å². The van der Waals surface area contributed by atoms with Crippen molar-refractivity contribution in [3.8, 4) is 0 Å². The van der Waals surface area contributed by atoms with Gasteiger partial charge in [-0.2, -0.15) is 0 Å². The van der Waals surface area contributed by atoms with Crippen LogP contribution in [0.5, 0.6) is 0 Å². The first-order valence-electron chi connectivity index (χ1n) is 7.61. The molecule has 0 aromatic heterocycles. The van der Waals surface area contributed by atoms with E-state index in [1.54, 1.807) is 0 Å². The number of aliphatic hydroxyl groups is 1. The van der Waals surface area contributed by atoms with Gasteiger partial charge < -0.3 is 5.11 Å². The zero-order chi connectivity index (χ0) is 13.2. The van der Waals surface area contributed by atoms with Gasteiger partial charge >= 0.3 is 0 Å². The van der Waals surface area contributed by atoms with E-state index in [-0.39, 0.29) is 11.3 Å². The van der Waals surface area contributed by atoms with Crippen LogP contribution in [0.15, 0.2) is 0 Å². The Morgan fingerprint density at radius 3 is 2.16 bits per heavy atom. The summed E-state index contributed by atoms with van der Waals surface area (Å²) in [6.45, 7) is 0. The summed E-state index contributed by atoms with van der Waals surface area (Å²) in [5.41, 5.74) is 0. The summed E-state index contributed by atoms with van der Waals surface area (Å²) in [6, 6.07) is 0. The Labute approximate surface area is 123 Å². The Morgan fingerprint density at radius 1 is 1.05 bits per heavy atom. The topological polar surface area (TPSA) is 37.3 Å². The minimum absolute atomic E-state index is 0.107. The summed E-state index contributed by atoms with van der Waals surface area (Å²) in [7, 11) is 0. The van der Waals surface area contributed by atoms with Gasteiger partial charge in [0.1, 0.15) is 0 Å². The van der Waals surface area contributed by atoms with Crippen molar-refractivity contribution < 1.29 is 9.67 Å². The summed E-state index contributed by atoms with van der Waals surface area (Å²) in [6.07, 6.45) is 5.36. The number of rotatable bonds is 1. The second-order valence-electron chi connectivity index (χ2n) is 7.84. The molecular weight excluding hydrogens is 302 g/mol. The number of aliphatic hydroxyl groups excluding tert-OH is 1. The molecule has 0 heterocycles. The summed E-state index contributed by atoms with van der Waals surface area (Å²) >= 11 is 12.6. The van der Waals surface area contributed by atoms with Crippen LogP contribution in [-0.2, 0) is 4.57 Å². The minimum atomic E-state index is -3.11. The first-order valence-corrected chi connectivity index (χ1v) is 11.1. The Hall–Kier alpha value is 0.770. The van der Waals surface area contributed by atoms with Crippen molar-refractivity contribution in [2.24, 2.45) is 41.4 Å². The quantitative estimate of drug-likeness (QED) is 0.739. The van der Waals surface area contributed by atoms with Crippen LogP contribution in [0.2, 0.25) is 0 Å². The molecule has 2 nitrogen and oxygen atoms in total. The van der Waals surface area contributed by atoms with Gasteiger partial charge in [-0.05, 0) is 96.0 Å². The highest BCUT2D eigenvalue weighted by molar-refractivity contribution is 8.09. The van der Waals surface area contributed by atoms with Crippen molar-refractivity contribution in [1.29, 1.82) is 0 Å². The Balaban J connectivity index is 1.74. The molecule has 19 heavy (non-hydrogen) atoms. The third-order valence-electron chi connectivity index (χ3n) is 7.61. The van der Waals surface area contributed by atoms with Gasteiger partial charge in [-0.15, -0.1) is 0 Å². The van der Waals surface area contributed by atoms with E-state index in [1.807, 2.05) is 0 Å². The fraction of sp³-hybridized carbons (Fsp3) is 1.00. The van der Waals surface area contributed by atoms with Crippen LogP contribution < -0.4 is 0 Å². The van der Waals surface area contributed by atoms with E-state index in [1.165, 1.54) is 12.8 Å². The van der Waals surface area contributed by atoms with E-state index in [4.69, 9.17) is 22.5 Å². The molecule has 0 spiro atoms. The molecule has 0 aromatic rings. The standard InChI is InChI=1S/C14H19Cl2O2P/c15-19(16,18)14-5-6-1-8-10(14)3-7-4-11(14)9(2-6)12(8)13(7)17/h6-13,17H,1-5H2. The molecule has 0 amide bonds. The molecule has 7 aliphatic carbocycles. The van der Waals surface area contributed by atoms with Crippen molar-refractivity contribution in [3.63, 3.8) is 0 Å². The molecule has 7 saturated carbocycles. The van der Waals surface area contributed by atoms with Gasteiger partial charge in [-0.3, -0.25) is 4.57 Å². The van der Waals surface area contributed by atoms with E-state index in [0.717, 1.165) is 19.3 Å². The summed E-state index contributed by atoms with van der Waals surface area (Å²) in [5, 5.41) is 10.3. The highest BCUT2D eigenvalue weighted by Crippen LogP contribution is 2.85. The highest BCUT2D eigenvalue weighted by Gasteiger charge is 2.76. The van der Waals surface area contributed by atoms with Gasteiger partial charge in [0.05, 0.1) is 11.3 Å². The second kappa shape index (κ2) is 3.40. The van der Waals surface area contributed by atoms with Crippen LogP contribution in [-0.4, -0.2) is 16.4 Å². The first kappa shape index (κ1) is 12.3. The maximum atomic E-state index is 12.8. The van der Waals surface area contributed by atoms with E-state index < -0.39 is 5.85 Å². The molecule has 5 heteroatoms. The van der Waals surface area contributed by atoms with E-state index in [9.17, 15) is 9.67 Å². The maximum Gasteiger partial charge on any atom is 0.259 e. The van der Waals surface area contributed by atoms with Crippen LogP contribution in [0, 0.1) is 41.4 Å². The average Bonchev–Trinajstić information content (AvgIpc) is 2.34. The smallest absolute Gasteiger partial charge is 0.259 e.